The molecule has 0 aromatic heterocycles. The van der Waals surface area contributed by atoms with Gasteiger partial charge in [0.15, 0.2) is 6.10 Å². The van der Waals surface area contributed by atoms with Crippen LogP contribution >= 0.6 is 31.9 Å². The first-order valence-electron chi connectivity index (χ1n) is 8.50. The minimum Gasteiger partial charge on any atom is -0.451 e. The largest absolute Gasteiger partial charge is 0.451 e. The number of ketones is 1. The van der Waals surface area contributed by atoms with Crippen LogP contribution in [0, 0.1) is 0 Å². The highest BCUT2D eigenvalue weighted by Gasteiger charge is 2.29. The van der Waals surface area contributed by atoms with Gasteiger partial charge in [-0.3, -0.25) is 4.79 Å². The van der Waals surface area contributed by atoms with Crippen molar-refractivity contribution in [2.45, 2.75) is 36.8 Å². The molecule has 9 heteroatoms. The van der Waals surface area contributed by atoms with Crippen molar-refractivity contribution in [2.24, 2.45) is 0 Å². The standard InChI is InChI=1S/C19H17Br2NO5S/c1-11(18(23)12-2-4-13(20)5-3-12)27-19(24)16-10-15(8-9-17(16)21)28(25,26)22-14-6-7-14/h2-5,8-11,14,22H,6-7H2,1H3. The molecule has 0 bridgehead atoms. The second kappa shape index (κ2) is 8.44. The van der Waals surface area contributed by atoms with E-state index in [1.54, 1.807) is 24.3 Å². The summed E-state index contributed by atoms with van der Waals surface area (Å²) in [6.07, 6.45) is 0.589. The molecule has 2 aromatic carbocycles. The number of rotatable bonds is 7. The molecule has 1 unspecified atom stereocenters. The molecule has 1 aliphatic carbocycles. The van der Waals surface area contributed by atoms with Gasteiger partial charge < -0.3 is 4.74 Å². The number of hydrogen-bond donors (Lipinski definition) is 1. The number of esters is 1. The summed E-state index contributed by atoms with van der Waals surface area (Å²) in [6.45, 7) is 1.48. The number of halogens is 2. The maximum Gasteiger partial charge on any atom is 0.340 e. The van der Waals surface area contributed by atoms with E-state index in [-0.39, 0.29) is 22.3 Å². The van der Waals surface area contributed by atoms with E-state index < -0.39 is 22.1 Å². The highest BCUT2D eigenvalue weighted by molar-refractivity contribution is 9.10. The molecule has 1 atom stereocenters. The van der Waals surface area contributed by atoms with Gasteiger partial charge in [-0.1, -0.05) is 28.1 Å². The van der Waals surface area contributed by atoms with Crippen LogP contribution in [0.5, 0.6) is 0 Å². The molecule has 0 amide bonds. The number of ether oxygens (including phenoxy) is 1. The number of Topliss-reactive ketones (excluding diaryl/α,β-unsaturated/α-hetero) is 1. The van der Waals surface area contributed by atoms with Crippen molar-refractivity contribution in [3.63, 3.8) is 0 Å². The van der Waals surface area contributed by atoms with Crippen molar-refractivity contribution in [3.05, 3.63) is 62.5 Å². The molecule has 3 rings (SSSR count). The van der Waals surface area contributed by atoms with E-state index >= 15 is 0 Å². The Morgan fingerprint density at radius 1 is 1.11 bits per heavy atom. The Morgan fingerprint density at radius 3 is 2.36 bits per heavy atom. The Balaban J connectivity index is 1.77. The number of hydrogen-bond acceptors (Lipinski definition) is 5. The van der Waals surface area contributed by atoms with Crippen molar-refractivity contribution in [1.29, 1.82) is 0 Å². The molecule has 0 spiro atoms. The second-order valence-electron chi connectivity index (χ2n) is 6.46. The summed E-state index contributed by atoms with van der Waals surface area (Å²) in [6, 6.07) is 10.8. The van der Waals surface area contributed by atoms with Crippen LogP contribution < -0.4 is 4.72 Å². The third kappa shape index (κ3) is 5.08. The van der Waals surface area contributed by atoms with Gasteiger partial charge in [-0.05, 0) is 66.0 Å². The molecule has 1 fully saturated rings. The maximum absolute atomic E-state index is 12.6. The Bertz CT molecular complexity index is 1020. The van der Waals surface area contributed by atoms with Gasteiger partial charge in [-0.15, -0.1) is 0 Å². The zero-order valence-corrected chi connectivity index (χ0v) is 18.8. The summed E-state index contributed by atoms with van der Waals surface area (Å²) in [5, 5.41) is 0. The number of nitrogens with one attached hydrogen (secondary N) is 1. The highest BCUT2D eigenvalue weighted by Crippen LogP contribution is 2.26. The van der Waals surface area contributed by atoms with Gasteiger partial charge in [-0.25, -0.2) is 17.9 Å². The Labute approximate surface area is 180 Å². The summed E-state index contributed by atoms with van der Waals surface area (Å²) in [4.78, 5) is 25.0. The molecule has 2 aromatic rings. The van der Waals surface area contributed by atoms with E-state index in [1.807, 2.05) is 0 Å². The van der Waals surface area contributed by atoms with Gasteiger partial charge in [0.05, 0.1) is 10.5 Å². The van der Waals surface area contributed by atoms with E-state index in [1.165, 1.54) is 25.1 Å². The molecule has 6 nitrogen and oxygen atoms in total. The van der Waals surface area contributed by atoms with Crippen LogP contribution in [0.3, 0.4) is 0 Å². The number of carbonyl (C=O) groups excluding carboxylic acids is 2. The van der Waals surface area contributed by atoms with E-state index in [0.29, 0.717) is 10.0 Å². The Hall–Kier alpha value is -1.55. The van der Waals surface area contributed by atoms with Gasteiger partial charge in [0, 0.05) is 20.6 Å². The average molecular weight is 531 g/mol. The fourth-order valence-corrected chi connectivity index (χ4v) is 4.45. The van der Waals surface area contributed by atoms with Gasteiger partial charge in [0.25, 0.3) is 0 Å². The number of carbonyl (C=O) groups is 2. The third-order valence-corrected chi connectivity index (χ3v) is 6.89. The SMILES string of the molecule is CC(OC(=O)c1cc(S(=O)(=O)NC2CC2)ccc1Br)C(=O)c1ccc(Br)cc1. The van der Waals surface area contributed by atoms with Crippen LogP contribution in [0.25, 0.3) is 0 Å². The molecule has 148 valence electrons. The van der Waals surface area contributed by atoms with Crippen molar-refractivity contribution < 1.29 is 22.7 Å². The smallest absolute Gasteiger partial charge is 0.340 e. The first kappa shape index (κ1) is 21.2. The Morgan fingerprint density at radius 2 is 1.75 bits per heavy atom. The van der Waals surface area contributed by atoms with Crippen molar-refractivity contribution >= 4 is 53.6 Å². The van der Waals surface area contributed by atoms with Gasteiger partial charge in [0.1, 0.15) is 0 Å². The van der Waals surface area contributed by atoms with Crippen LogP contribution in [0.2, 0.25) is 0 Å². The molecule has 0 aliphatic heterocycles. The van der Waals surface area contributed by atoms with Crippen molar-refractivity contribution in [1.82, 2.24) is 4.72 Å². The predicted octanol–water partition coefficient (Wildman–Crippen LogP) is 4.08. The normalized spacial score (nSPS) is 15.1. The molecule has 28 heavy (non-hydrogen) atoms. The topological polar surface area (TPSA) is 89.5 Å². The first-order valence-corrected chi connectivity index (χ1v) is 11.6. The van der Waals surface area contributed by atoms with Gasteiger partial charge >= 0.3 is 5.97 Å². The number of sulfonamides is 1. The van der Waals surface area contributed by atoms with E-state index in [9.17, 15) is 18.0 Å². The lowest BCUT2D eigenvalue weighted by atomic mass is 10.1. The molecule has 1 saturated carbocycles. The van der Waals surface area contributed by atoms with Gasteiger partial charge in [0.2, 0.25) is 15.8 Å². The fourth-order valence-electron chi connectivity index (χ4n) is 2.44. The third-order valence-electron chi connectivity index (χ3n) is 4.15. The second-order valence-corrected chi connectivity index (χ2v) is 9.94. The number of benzene rings is 2. The molecule has 0 heterocycles. The van der Waals surface area contributed by atoms with E-state index in [0.717, 1.165) is 17.3 Å². The lowest BCUT2D eigenvalue weighted by Gasteiger charge is -2.14. The molecular formula is C19H17Br2NO5S. The van der Waals surface area contributed by atoms with Crippen LogP contribution in [-0.2, 0) is 14.8 Å². The minimum atomic E-state index is -3.71. The summed E-state index contributed by atoms with van der Waals surface area (Å²) in [5.41, 5.74) is 0.446. The summed E-state index contributed by atoms with van der Waals surface area (Å²) >= 11 is 6.53. The lowest BCUT2D eigenvalue weighted by molar-refractivity contribution is 0.0317. The lowest BCUT2D eigenvalue weighted by Crippen LogP contribution is -2.27. The minimum absolute atomic E-state index is 0.0264. The van der Waals surface area contributed by atoms with Crippen molar-refractivity contribution in [2.75, 3.05) is 0 Å². The summed E-state index contributed by atoms with van der Waals surface area (Å²) < 4.78 is 33.8. The summed E-state index contributed by atoms with van der Waals surface area (Å²) in [7, 11) is -3.71. The highest BCUT2D eigenvalue weighted by atomic mass is 79.9. The zero-order valence-electron chi connectivity index (χ0n) is 14.8. The zero-order chi connectivity index (χ0) is 20.5. The maximum atomic E-state index is 12.6. The molecular weight excluding hydrogens is 514 g/mol. The fraction of sp³-hybridized carbons (Fsp3) is 0.263. The quantitative estimate of drug-likeness (QED) is 0.430. The Kier molecular flexibility index (Phi) is 6.38. The van der Waals surface area contributed by atoms with Crippen LogP contribution in [-0.4, -0.2) is 32.3 Å². The van der Waals surface area contributed by atoms with Gasteiger partial charge in [-0.2, -0.15) is 0 Å². The van der Waals surface area contributed by atoms with Crippen LogP contribution in [0.15, 0.2) is 56.3 Å². The predicted molar refractivity (Wildman–Crippen MR) is 111 cm³/mol. The van der Waals surface area contributed by atoms with Crippen molar-refractivity contribution in [3.8, 4) is 0 Å². The monoisotopic (exact) mass is 529 g/mol. The van der Waals surface area contributed by atoms with Crippen LogP contribution in [0.1, 0.15) is 40.5 Å². The van der Waals surface area contributed by atoms with E-state index in [2.05, 4.69) is 36.6 Å². The molecule has 1 aliphatic rings. The molecule has 0 radical (unpaired) electrons. The molecule has 1 N–H and O–H groups in total. The van der Waals surface area contributed by atoms with E-state index in [4.69, 9.17) is 4.74 Å². The average Bonchev–Trinajstić information content (AvgIpc) is 3.45. The van der Waals surface area contributed by atoms with Crippen LogP contribution in [0.4, 0.5) is 0 Å². The molecule has 0 saturated heterocycles. The summed E-state index contributed by atoms with van der Waals surface area (Å²) in [5.74, 6) is -1.13. The first-order chi connectivity index (χ1) is 13.2.